The molecule has 0 saturated carbocycles. The minimum Gasteiger partial charge on any atom is -0.286 e. The number of halogens is 6. The third kappa shape index (κ3) is 1.25. The highest BCUT2D eigenvalue weighted by Gasteiger charge is 2.51. The van der Waals surface area contributed by atoms with Crippen LogP contribution in [0.4, 0.5) is 22.0 Å². The highest BCUT2D eigenvalue weighted by atomic mass is 35.5. The Bertz CT molecular complexity index is 343. The summed E-state index contributed by atoms with van der Waals surface area (Å²) in [5, 5.41) is -3.98. The summed E-state index contributed by atoms with van der Waals surface area (Å²) in [6, 6.07) is 0. The quantitative estimate of drug-likeness (QED) is 0.451. The van der Waals surface area contributed by atoms with Crippen LogP contribution in [0.15, 0.2) is 23.3 Å². The molecule has 7 heteroatoms. The lowest BCUT2D eigenvalue weighted by Gasteiger charge is -2.17. The maximum absolute atomic E-state index is 12.6. The number of hydrogen-bond acceptors (Lipinski definition) is 1. The Kier molecular flexibility index (Phi) is 2.19. The molecule has 1 nitrogen and oxygen atoms in total. The monoisotopic (exact) mass is 218 g/mol. The van der Waals surface area contributed by atoms with Gasteiger partial charge in [-0.1, -0.05) is 11.6 Å². The highest BCUT2D eigenvalue weighted by Crippen LogP contribution is 2.42. The fourth-order valence-corrected chi connectivity index (χ4v) is 0.834. The Morgan fingerprint density at radius 3 is 1.92 bits per heavy atom. The molecule has 0 aromatic heterocycles. The highest BCUT2D eigenvalue weighted by molar-refractivity contribution is 6.38. The van der Waals surface area contributed by atoms with Crippen molar-refractivity contribution in [3.05, 3.63) is 23.3 Å². The minimum absolute atomic E-state index is 2.29. The zero-order chi connectivity index (χ0) is 10.4. The first kappa shape index (κ1) is 10.2. The van der Waals surface area contributed by atoms with E-state index in [1.807, 2.05) is 0 Å². The molecule has 0 bridgehead atoms. The van der Waals surface area contributed by atoms with Crippen LogP contribution in [0.25, 0.3) is 0 Å². The third-order valence-electron chi connectivity index (χ3n) is 1.34. The number of allylic oxidation sites excluding steroid dienone is 4. The van der Waals surface area contributed by atoms with Crippen LogP contribution in [0.1, 0.15) is 0 Å². The number of hydrogen-bond donors (Lipinski definition) is 0. The third-order valence-corrected chi connectivity index (χ3v) is 1.68. The molecule has 0 saturated heterocycles. The van der Waals surface area contributed by atoms with E-state index in [2.05, 4.69) is 11.6 Å². The van der Waals surface area contributed by atoms with Crippen molar-refractivity contribution in [2.45, 2.75) is 5.13 Å². The van der Waals surface area contributed by atoms with Crippen LogP contribution in [0.2, 0.25) is 0 Å². The molecule has 0 spiro atoms. The van der Waals surface area contributed by atoms with Crippen LogP contribution in [0.3, 0.4) is 0 Å². The topological polar surface area (TPSA) is 17.1 Å². The SMILES string of the molecule is O=C1C(F)=C(F)C(F)=C(F)C1(F)Cl. The first-order valence-electron chi connectivity index (χ1n) is 2.84. The number of carbonyl (C=O) groups excluding carboxylic acids is 1. The molecule has 72 valence electrons. The first-order valence-corrected chi connectivity index (χ1v) is 3.22. The summed E-state index contributed by atoms with van der Waals surface area (Å²) >= 11 is 4.50. The van der Waals surface area contributed by atoms with Gasteiger partial charge in [-0.05, 0) is 0 Å². The maximum Gasteiger partial charge on any atom is 0.302 e. The fourth-order valence-electron chi connectivity index (χ4n) is 0.668. The Hall–Kier alpha value is -0.910. The van der Waals surface area contributed by atoms with Crippen molar-refractivity contribution < 1.29 is 26.7 Å². The fraction of sp³-hybridized carbons (Fsp3) is 0.167. The number of carbonyl (C=O) groups is 1. The average molecular weight is 219 g/mol. The molecule has 1 atom stereocenters. The van der Waals surface area contributed by atoms with Gasteiger partial charge in [0.25, 0.3) is 5.78 Å². The van der Waals surface area contributed by atoms with Gasteiger partial charge < -0.3 is 0 Å². The van der Waals surface area contributed by atoms with Gasteiger partial charge >= 0.3 is 5.13 Å². The molecule has 0 aromatic carbocycles. The van der Waals surface area contributed by atoms with E-state index in [0.717, 1.165) is 0 Å². The molecular weight excluding hydrogens is 219 g/mol. The van der Waals surface area contributed by atoms with Crippen LogP contribution >= 0.6 is 11.6 Å². The zero-order valence-electron chi connectivity index (χ0n) is 5.68. The van der Waals surface area contributed by atoms with E-state index in [1.165, 1.54) is 0 Å². The van der Waals surface area contributed by atoms with E-state index < -0.39 is 34.2 Å². The first-order chi connectivity index (χ1) is 5.80. The van der Waals surface area contributed by atoms with Gasteiger partial charge in [0.2, 0.25) is 11.7 Å². The molecular formula is C6ClF5O. The van der Waals surface area contributed by atoms with Crippen LogP contribution in [0.5, 0.6) is 0 Å². The molecule has 0 fully saturated rings. The molecule has 0 N–H and O–H groups in total. The Labute approximate surface area is 73.5 Å². The lowest BCUT2D eigenvalue weighted by molar-refractivity contribution is -0.123. The molecule has 13 heavy (non-hydrogen) atoms. The summed E-state index contributed by atoms with van der Waals surface area (Å²) in [5.41, 5.74) is 0. The van der Waals surface area contributed by atoms with Crippen molar-refractivity contribution in [1.29, 1.82) is 0 Å². The lowest BCUT2D eigenvalue weighted by atomic mass is 10.1. The summed E-state index contributed by atoms with van der Waals surface area (Å²) in [5.74, 6) is -11.9. The number of Topliss-reactive ketones (excluding diaryl/α,β-unsaturated/α-hetero) is 1. The van der Waals surface area contributed by atoms with Crippen molar-refractivity contribution in [2.24, 2.45) is 0 Å². The van der Waals surface area contributed by atoms with Crippen molar-refractivity contribution in [3.8, 4) is 0 Å². The summed E-state index contributed by atoms with van der Waals surface area (Å²) in [7, 11) is 0. The maximum atomic E-state index is 12.6. The normalized spacial score (nSPS) is 30.2. The summed E-state index contributed by atoms with van der Waals surface area (Å²) in [6.45, 7) is 0. The second-order valence-corrected chi connectivity index (χ2v) is 2.68. The molecule has 1 aliphatic carbocycles. The van der Waals surface area contributed by atoms with E-state index in [1.54, 1.807) is 0 Å². The van der Waals surface area contributed by atoms with Crippen LogP contribution in [0, 0.1) is 0 Å². The van der Waals surface area contributed by atoms with E-state index in [4.69, 9.17) is 0 Å². The number of alkyl halides is 2. The van der Waals surface area contributed by atoms with E-state index >= 15 is 0 Å². The van der Waals surface area contributed by atoms with E-state index in [0.29, 0.717) is 0 Å². The van der Waals surface area contributed by atoms with Crippen molar-refractivity contribution in [1.82, 2.24) is 0 Å². The lowest BCUT2D eigenvalue weighted by Crippen LogP contribution is -2.32. The van der Waals surface area contributed by atoms with Crippen molar-refractivity contribution in [3.63, 3.8) is 0 Å². The van der Waals surface area contributed by atoms with Gasteiger partial charge in [0.15, 0.2) is 11.7 Å². The molecule has 0 radical (unpaired) electrons. The van der Waals surface area contributed by atoms with Gasteiger partial charge in [0.1, 0.15) is 0 Å². The molecule has 1 unspecified atom stereocenters. The summed E-state index contributed by atoms with van der Waals surface area (Å²) in [6.07, 6.45) is 0. The van der Waals surface area contributed by atoms with Crippen LogP contribution in [-0.2, 0) is 4.79 Å². The molecule has 0 aliphatic heterocycles. The second kappa shape index (κ2) is 2.80. The largest absolute Gasteiger partial charge is 0.302 e. The van der Waals surface area contributed by atoms with Gasteiger partial charge in [0, 0.05) is 0 Å². The smallest absolute Gasteiger partial charge is 0.286 e. The Morgan fingerprint density at radius 1 is 1.00 bits per heavy atom. The molecule has 0 amide bonds. The number of rotatable bonds is 0. The van der Waals surface area contributed by atoms with Gasteiger partial charge in [-0.2, -0.15) is 4.39 Å². The van der Waals surface area contributed by atoms with Gasteiger partial charge in [-0.3, -0.25) is 4.79 Å². The standard InChI is InChI=1S/C6ClF5O/c7-6(12)4(11)2(9)1(8)3(10)5(6)13. The second-order valence-electron chi connectivity index (χ2n) is 2.16. The summed E-state index contributed by atoms with van der Waals surface area (Å²) < 4.78 is 61.7. The molecule has 1 aliphatic rings. The van der Waals surface area contributed by atoms with Crippen LogP contribution in [-0.4, -0.2) is 10.9 Å². The molecule has 0 aromatic rings. The Balaban J connectivity index is 3.41. The summed E-state index contributed by atoms with van der Waals surface area (Å²) in [4.78, 5) is 10.4. The molecule has 1 rings (SSSR count). The Morgan fingerprint density at radius 2 is 1.46 bits per heavy atom. The predicted octanol–water partition coefficient (Wildman–Crippen LogP) is 2.77. The van der Waals surface area contributed by atoms with E-state index in [-0.39, 0.29) is 0 Å². The zero-order valence-corrected chi connectivity index (χ0v) is 6.43. The van der Waals surface area contributed by atoms with E-state index in [9.17, 15) is 26.7 Å². The van der Waals surface area contributed by atoms with Crippen molar-refractivity contribution >= 4 is 17.4 Å². The van der Waals surface area contributed by atoms with Gasteiger partial charge in [0.05, 0.1) is 0 Å². The van der Waals surface area contributed by atoms with Crippen molar-refractivity contribution in [2.75, 3.05) is 0 Å². The molecule has 0 heterocycles. The van der Waals surface area contributed by atoms with Crippen LogP contribution < -0.4 is 0 Å². The van der Waals surface area contributed by atoms with Gasteiger partial charge in [-0.15, -0.1) is 0 Å². The average Bonchev–Trinajstić information content (AvgIpc) is 2.09. The van der Waals surface area contributed by atoms with Gasteiger partial charge in [-0.25, -0.2) is 17.6 Å². The minimum atomic E-state index is -3.98. The predicted molar refractivity (Wildman–Crippen MR) is 33.2 cm³/mol. The number of ketones is 1.